The van der Waals surface area contributed by atoms with Crippen molar-refractivity contribution in [2.24, 2.45) is 0 Å². The molecule has 0 saturated carbocycles. The molecule has 1 atom stereocenters. The van der Waals surface area contributed by atoms with Gasteiger partial charge in [-0.2, -0.15) is 0 Å². The van der Waals surface area contributed by atoms with Gasteiger partial charge in [0, 0.05) is 28.9 Å². The first-order valence-electron chi connectivity index (χ1n) is 9.58. The van der Waals surface area contributed by atoms with E-state index < -0.39 is 6.04 Å². The molecule has 0 bridgehead atoms. The van der Waals surface area contributed by atoms with Gasteiger partial charge in [-0.05, 0) is 49.2 Å². The summed E-state index contributed by atoms with van der Waals surface area (Å²) in [6.45, 7) is 4.40. The number of carbonyl (C=O) groups excluding carboxylic acids is 2. The number of benzene rings is 2. The van der Waals surface area contributed by atoms with Crippen LogP contribution in [-0.2, 0) is 21.9 Å². The van der Waals surface area contributed by atoms with Crippen molar-refractivity contribution in [3.63, 3.8) is 0 Å². The minimum Gasteiger partial charge on any atom is -0.497 e. The molecule has 0 heterocycles. The van der Waals surface area contributed by atoms with Crippen LogP contribution in [0.15, 0.2) is 42.5 Å². The highest BCUT2D eigenvalue weighted by atomic mass is 35.5. The Morgan fingerprint density at radius 1 is 1.17 bits per heavy atom. The lowest BCUT2D eigenvalue weighted by atomic mass is 10.1. The van der Waals surface area contributed by atoms with Crippen molar-refractivity contribution in [2.75, 3.05) is 19.4 Å². The molecule has 0 aliphatic heterocycles. The van der Waals surface area contributed by atoms with E-state index in [1.54, 1.807) is 37.1 Å². The highest BCUT2D eigenvalue weighted by molar-refractivity contribution is 7.99. The molecule has 2 aromatic carbocycles. The monoisotopic (exact) mass is 468 g/mol. The second kappa shape index (κ2) is 12.1. The summed E-state index contributed by atoms with van der Waals surface area (Å²) in [5, 5.41) is 3.94. The van der Waals surface area contributed by atoms with Gasteiger partial charge < -0.3 is 15.0 Å². The molecule has 0 fully saturated rings. The summed E-state index contributed by atoms with van der Waals surface area (Å²) in [5.41, 5.74) is 1.69. The predicted molar refractivity (Wildman–Crippen MR) is 124 cm³/mol. The number of carbonyl (C=O) groups is 2. The van der Waals surface area contributed by atoms with Gasteiger partial charge in [0.1, 0.15) is 11.8 Å². The van der Waals surface area contributed by atoms with Crippen LogP contribution in [0.3, 0.4) is 0 Å². The molecule has 0 spiro atoms. The maximum Gasteiger partial charge on any atom is 0.242 e. The molecule has 0 radical (unpaired) electrons. The Hall–Kier alpha value is -1.89. The van der Waals surface area contributed by atoms with E-state index in [2.05, 4.69) is 5.32 Å². The van der Waals surface area contributed by atoms with E-state index in [1.165, 1.54) is 11.8 Å². The number of hydrogen-bond donors (Lipinski definition) is 1. The minimum atomic E-state index is -0.604. The summed E-state index contributed by atoms with van der Waals surface area (Å²) in [5.74, 6) is 1.09. The van der Waals surface area contributed by atoms with E-state index in [4.69, 9.17) is 27.9 Å². The molecule has 0 saturated heterocycles. The molecule has 0 aliphatic carbocycles. The molecule has 0 aromatic heterocycles. The van der Waals surface area contributed by atoms with Gasteiger partial charge in [-0.1, -0.05) is 41.4 Å². The van der Waals surface area contributed by atoms with Crippen LogP contribution in [-0.4, -0.2) is 42.2 Å². The fraction of sp³-hybridized carbons (Fsp3) is 0.364. The zero-order chi connectivity index (χ0) is 22.1. The average molecular weight is 469 g/mol. The van der Waals surface area contributed by atoms with Crippen LogP contribution in [0.2, 0.25) is 10.0 Å². The van der Waals surface area contributed by atoms with Gasteiger partial charge in [-0.25, -0.2) is 0 Å². The molecule has 2 aromatic rings. The summed E-state index contributed by atoms with van der Waals surface area (Å²) < 4.78 is 5.27. The predicted octanol–water partition coefficient (Wildman–Crippen LogP) is 4.79. The van der Waals surface area contributed by atoms with Crippen molar-refractivity contribution in [1.29, 1.82) is 0 Å². The molecule has 2 rings (SSSR count). The summed E-state index contributed by atoms with van der Waals surface area (Å²) in [4.78, 5) is 27.0. The Bertz CT molecular complexity index is 859. The molecule has 1 N–H and O–H groups in total. The van der Waals surface area contributed by atoms with Crippen LogP contribution in [0.5, 0.6) is 5.75 Å². The van der Waals surface area contributed by atoms with Crippen LogP contribution in [0, 0.1) is 0 Å². The number of nitrogens with one attached hydrogen (secondary N) is 1. The Balaban J connectivity index is 2.11. The van der Waals surface area contributed by atoms with Crippen molar-refractivity contribution >= 4 is 46.8 Å². The zero-order valence-electron chi connectivity index (χ0n) is 17.3. The molecule has 5 nitrogen and oxygen atoms in total. The van der Waals surface area contributed by atoms with Gasteiger partial charge in [0.25, 0.3) is 0 Å². The molecule has 8 heteroatoms. The standard InChI is InChI=1S/C22H26Cl2N2O3S/c1-4-25-22(28)15(2)26(12-16-7-5-8-17(11-16)29-3)21(27)14-30-13-18-19(23)9-6-10-20(18)24/h5-11,15H,4,12-14H2,1-3H3,(H,25,28)/t15-/m1/s1. The van der Waals surface area contributed by atoms with Crippen LogP contribution >= 0.6 is 35.0 Å². The van der Waals surface area contributed by atoms with Gasteiger partial charge in [-0.15, -0.1) is 11.8 Å². The molecule has 30 heavy (non-hydrogen) atoms. The van der Waals surface area contributed by atoms with Gasteiger partial charge in [0.05, 0.1) is 12.9 Å². The lowest BCUT2D eigenvalue weighted by Gasteiger charge is -2.28. The number of halogens is 2. The van der Waals surface area contributed by atoms with Gasteiger partial charge in [-0.3, -0.25) is 9.59 Å². The summed E-state index contributed by atoms with van der Waals surface area (Å²) in [7, 11) is 1.59. The van der Waals surface area contributed by atoms with Crippen molar-refractivity contribution in [2.45, 2.75) is 32.2 Å². The number of thioether (sulfide) groups is 1. The average Bonchev–Trinajstić information content (AvgIpc) is 2.73. The number of nitrogens with zero attached hydrogens (tertiary/aromatic N) is 1. The SMILES string of the molecule is CCNC(=O)[C@@H](C)N(Cc1cccc(OC)c1)C(=O)CSCc1c(Cl)cccc1Cl. The number of rotatable bonds is 10. The molecular weight excluding hydrogens is 443 g/mol. The summed E-state index contributed by atoms with van der Waals surface area (Å²) >= 11 is 13.8. The van der Waals surface area contributed by atoms with E-state index in [-0.39, 0.29) is 17.6 Å². The number of ether oxygens (including phenoxy) is 1. The van der Waals surface area contributed by atoms with Crippen molar-refractivity contribution in [3.05, 3.63) is 63.6 Å². The number of hydrogen-bond acceptors (Lipinski definition) is 4. The molecule has 2 amide bonds. The van der Waals surface area contributed by atoms with E-state index in [0.717, 1.165) is 11.1 Å². The second-order valence-corrected chi connectivity index (χ2v) is 8.44. The van der Waals surface area contributed by atoms with Gasteiger partial charge in [0.2, 0.25) is 11.8 Å². The molecule has 162 valence electrons. The molecule has 0 aliphatic rings. The fourth-order valence-corrected chi connectivity index (χ4v) is 4.51. The van der Waals surface area contributed by atoms with Crippen LogP contribution in [0.25, 0.3) is 0 Å². The van der Waals surface area contributed by atoms with E-state index in [0.29, 0.717) is 34.6 Å². The van der Waals surface area contributed by atoms with Gasteiger partial charge in [0.15, 0.2) is 0 Å². The second-order valence-electron chi connectivity index (χ2n) is 6.64. The first-order valence-corrected chi connectivity index (χ1v) is 11.5. The van der Waals surface area contributed by atoms with E-state index in [1.807, 2.05) is 31.2 Å². The highest BCUT2D eigenvalue weighted by Gasteiger charge is 2.26. The normalized spacial score (nSPS) is 11.6. The Morgan fingerprint density at radius 3 is 2.47 bits per heavy atom. The Morgan fingerprint density at radius 2 is 1.83 bits per heavy atom. The smallest absolute Gasteiger partial charge is 0.242 e. The fourth-order valence-electron chi connectivity index (χ4n) is 2.87. The topological polar surface area (TPSA) is 58.6 Å². The quantitative estimate of drug-likeness (QED) is 0.544. The number of methoxy groups -OCH3 is 1. The Kier molecular flexibility index (Phi) is 9.82. The third-order valence-corrected chi connectivity index (χ3v) is 6.19. The van der Waals surface area contributed by atoms with Crippen molar-refractivity contribution in [3.8, 4) is 5.75 Å². The number of likely N-dealkylation sites (N-methyl/N-ethyl adjacent to an activating group) is 1. The van der Waals surface area contributed by atoms with Gasteiger partial charge >= 0.3 is 0 Å². The van der Waals surface area contributed by atoms with Crippen LogP contribution in [0.4, 0.5) is 0 Å². The van der Waals surface area contributed by atoms with Crippen LogP contribution in [0.1, 0.15) is 25.0 Å². The largest absolute Gasteiger partial charge is 0.497 e. The first kappa shape index (κ1) is 24.4. The maximum atomic E-state index is 13.0. The lowest BCUT2D eigenvalue weighted by Crippen LogP contribution is -2.48. The molecular formula is C22H26Cl2N2O3S. The third-order valence-electron chi connectivity index (χ3n) is 4.54. The third kappa shape index (κ3) is 6.83. The number of amides is 2. The first-order chi connectivity index (χ1) is 14.4. The summed E-state index contributed by atoms with van der Waals surface area (Å²) in [6, 6.07) is 12.2. The maximum absolute atomic E-state index is 13.0. The Labute approximate surface area is 192 Å². The highest BCUT2D eigenvalue weighted by Crippen LogP contribution is 2.28. The summed E-state index contributed by atoms with van der Waals surface area (Å²) in [6.07, 6.45) is 0. The zero-order valence-corrected chi connectivity index (χ0v) is 19.6. The van der Waals surface area contributed by atoms with Crippen molar-refractivity contribution < 1.29 is 14.3 Å². The van der Waals surface area contributed by atoms with Crippen LogP contribution < -0.4 is 10.1 Å². The minimum absolute atomic E-state index is 0.134. The van der Waals surface area contributed by atoms with E-state index >= 15 is 0 Å². The van der Waals surface area contributed by atoms with Crippen molar-refractivity contribution in [1.82, 2.24) is 10.2 Å². The molecule has 0 unspecified atom stereocenters. The lowest BCUT2D eigenvalue weighted by molar-refractivity contribution is -0.138. The van der Waals surface area contributed by atoms with E-state index in [9.17, 15) is 9.59 Å².